The second-order valence-corrected chi connectivity index (χ2v) is 8.96. The van der Waals surface area contributed by atoms with Crippen LogP contribution in [0, 0.1) is 0 Å². The summed E-state index contributed by atoms with van der Waals surface area (Å²) in [6.07, 6.45) is 2.31. The largest absolute Gasteiger partial charge is 0.481 e. The van der Waals surface area contributed by atoms with E-state index in [0.717, 1.165) is 36.0 Å². The first kappa shape index (κ1) is 25.1. The summed E-state index contributed by atoms with van der Waals surface area (Å²) in [5.41, 5.74) is 9.41. The van der Waals surface area contributed by atoms with Crippen molar-refractivity contribution >= 4 is 23.5 Å². The van der Waals surface area contributed by atoms with Gasteiger partial charge in [-0.3, -0.25) is 19.3 Å². The predicted octanol–water partition coefficient (Wildman–Crippen LogP) is 4.02. The van der Waals surface area contributed by atoms with E-state index in [1.165, 1.54) is 4.90 Å². The molecule has 2 amide bonds. The number of nitrogens with zero attached hydrogens (tertiary/aromatic N) is 2. The molecule has 7 nitrogen and oxygen atoms in total. The third-order valence-corrected chi connectivity index (χ3v) is 6.44. The van der Waals surface area contributed by atoms with Gasteiger partial charge in [-0.2, -0.15) is 0 Å². The Balaban J connectivity index is 1.84. The van der Waals surface area contributed by atoms with E-state index in [9.17, 15) is 19.5 Å². The van der Waals surface area contributed by atoms with Crippen LogP contribution in [0.4, 0.5) is 5.69 Å². The van der Waals surface area contributed by atoms with Gasteiger partial charge in [0.1, 0.15) is 6.54 Å². The van der Waals surface area contributed by atoms with Crippen molar-refractivity contribution < 1.29 is 19.5 Å². The number of nitrogens with two attached hydrogens (primary N) is 1. The lowest BCUT2D eigenvalue weighted by Gasteiger charge is -2.33. The smallest absolute Gasteiger partial charge is 0.305 e. The van der Waals surface area contributed by atoms with E-state index in [4.69, 9.17) is 5.73 Å². The summed E-state index contributed by atoms with van der Waals surface area (Å²) in [5.74, 6) is -1.61. The van der Waals surface area contributed by atoms with Gasteiger partial charge in [0.25, 0.3) is 5.91 Å². The van der Waals surface area contributed by atoms with Crippen LogP contribution in [0.2, 0.25) is 0 Å². The zero-order valence-corrected chi connectivity index (χ0v) is 20.2. The molecule has 0 bridgehead atoms. The maximum absolute atomic E-state index is 13.8. The van der Waals surface area contributed by atoms with Crippen LogP contribution in [-0.2, 0) is 16.0 Å². The number of rotatable bonds is 10. The van der Waals surface area contributed by atoms with Gasteiger partial charge in [-0.15, -0.1) is 0 Å². The molecule has 0 fully saturated rings. The number of amides is 2. The number of hydrogen-bond acceptors (Lipinski definition) is 4. The SMILES string of the molecule is NCCCCc1ccc2c(c1)C(=O)N(CCC(=O)O)CC(=O)N2C(c1ccccc1)c1ccccc1. The first-order valence-corrected chi connectivity index (χ1v) is 12.3. The van der Waals surface area contributed by atoms with Crippen molar-refractivity contribution in [2.75, 3.05) is 24.5 Å². The van der Waals surface area contributed by atoms with Gasteiger partial charge < -0.3 is 15.7 Å². The molecule has 3 aromatic carbocycles. The van der Waals surface area contributed by atoms with Crippen LogP contribution in [0.3, 0.4) is 0 Å². The molecule has 0 aromatic heterocycles. The highest BCUT2D eigenvalue weighted by Gasteiger charge is 2.36. The lowest BCUT2D eigenvalue weighted by Crippen LogP contribution is -2.42. The van der Waals surface area contributed by atoms with Gasteiger partial charge in [0, 0.05) is 6.54 Å². The number of fused-ring (bicyclic) bond motifs is 1. The van der Waals surface area contributed by atoms with Crippen LogP contribution in [0.15, 0.2) is 78.9 Å². The van der Waals surface area contributed by atoms with E-state index in [-0.39, 0.29) is 31.3 Å². The number of aliphatic carboxylic acids is 1. The number of anilines is 1. The van der Waals surface area contributed by atoms with Gasteiger partial charge in [0.15, 0.2) is 0 Å². The first-order valence-electron chi connectivity index (χ1n) is 12.3. The number of carbonyl (C=O) groups excluding carboxylic acids is 2. The highest BCUT2D eigenvalue weighted by Crippen LogP contribution is 2.37. The van der Waals surface area contributed by atoms with Gasteiger partial charge in [0.05, 0.1) is 23.7 Å². The average molecular weight is 486 g/mol. The fraction of sp³-hybridized carbons (Fsp3) is 0.276. The molecule has 0 aliphatic carbocycles. The summed E-state index contributed by atoms with van der Waals surface area (Å²) < 4.78 is 0. The molecule has 186 valence electrons. The Kier molecular flexibility index (Phi) is 8.13. The Hall–Kier alpha value is -3.97. The van der Waals surface area contributed by atoms with Gasteiger partial charge in [-0.05, 0) is 54.6 Å². The van der Waals surface area contributed by atoms with Crippen molar-refractivity contribution in [2.24, 2.45) is 5.73 Å². The van der Waals surface area contributed by atoms with E-state index in [2.05, 4.69) is 0 Å². The highest BCUT2D eigenvalue weighted by molar-refractivity contribution is 6.10. The van der Waals surface area contributed by atoms with Crippen molar-refractivity contribution in [2.45, 2.75) is 31.7 Å². The first-order chi connectivity index (χ1) is 17.5. The molecule has 3 aromatic rings. The van der Waals surface area contributed by atoms with Crippen molar-refractivity contribution in [3.05, 3.63) is 101 Å². The number of carboxylic acid groups (broad SMARTS) is 1. The van der Waals surface area contributed by atoms with Crippen molar-refractivity contribution in [1.29, 1.82) is 0 Å². The molecule has 0 unspecified atom stereocenters. The molecule has 0 spiro atoms. The van der Waals surface area contributed by atoms with Gasteiger partial charge in [-0.1, -0.05) is 66.7 Å². The van der Waals surface area contributed by atoms with Gasteiger partial charge in [-0.25, -0.2) is 0 Å². The quantitative estimate of drug-likeness (QED) is 0.422. The van der Waals surface area contributed by atoms with Crippen LogP contribution < -0.4 is 10.6 Å². The maximum Gasteiger partial charge on any atom is 0.305 e. The Bertz CT molecular complexity index is 1170. The number of carbonyl (C=O) groups is 3. The Labute approximate surface area is 211 Å². The molecule has 1 aliphatic heterocycles. The monoisotopic (exact) mass is 485 g/mol. The van der Waals surface area contributed by atoms with Crippen molar-refractivity contribution in [1.82, 2.24) is 4.90 Å². The normalized spacial score (nSPS) is 13.6. The fourth-order valence-electron chi connectivity index (χ4n) is 4.67. The number of carboxylic acids is 1. The standard InChI is InChI=1S/C29H31N3O4/c30-17-8-7-9-21-14-15-25-24(19-21)29(36)31(18-16-27(34)35)20-26(33)32(25)28(22-10-3-1-4-11-22)23-12-5-2-6-13-23/h1-6,10-15,19,28H,7-9,16-18,20,30H2,(H,34,35). The van der Waals surface area contributed by atoms with Crippen LogP contribution in [0.1, 0.15) is 52.4 Å². The maximum atomic E-state index is 13.8. The average Bonchev–Trinajstić information content (AvgIpc) is 2.99. The molecule has 36 heavy (non-hydrogen) atoms. The molecule has 0 radical (unpaired) electrons. The summed E-state index contributed by atoms with van der Waals surface area (Å²) in [6, 6.07) is 24.7. The summed E-state index contributed by atoms with van der Waals surface area (Å²) in [4.78, 5) is 41.8. The summed E-state index contributed by atoms with van der Waals surface area (Å²) in [5, 5.41) is 9.22. The minimum Gasteiger partial charge on any atom is -0.481 e. The molecular weight excluding hydrogens is 454 g/mol. The molecule has 1 aliphatic rings. The summed E-state index contributed by atoms with van der Waals surface area (Å²) in [7, 11) is 0. The molecular formula is C29H31N3O4. The molecule has 1 heterocycles. The lowest BCUT2D eigenvalue weighted by atomic mass is 9.95. The second-order valence-electron chi connectivity index (χ2n) is 8.96. The lowest BCUT2D eigenvalue weighted by molar-refractivity contribution is -0.137. The Morgan fingerprint density at radius 3 is 2.14 bits per heavy atom. The van der Waals surface area contributed by atoms with Gasteiger partial charge in [0.2, 0.25) is 5.91 Å². The van der Waals surface area contributed by atoms with E-state index in [1.54, 1.807) is 4.90 Å². The van der Waals surface area contributed by atoms with Crippen LogP contribution in [0.25, 0.3) is 0 Å². The summed E-state index contributed by atoms with van der Waals surface area (Å²) in [6.45, 7) is 0.371. The molecule has 4 rings (SSSR count). The number of hydrogen-bond donors (Lipinski definition) is 2. The van der Waals surface area contributed by atoms with E-state index >= 15 is 0 Å². The third kappa shape index (κ3) is 5.63. The highest BCUT2D eigenvalue weighted by atomic mass is 16.4. The molecule has 0 saturated carbocycles. The number of aryl methyl sites for hydroxylation is 1. The van der Waals surface area contributed by atoms with Gasteiger partial charge >= 0.3 is 5.97 Å². The number of unbranched alkanes of at least 4 members (excludes halogenated alkanes) is 1. The topological polar surface area (TPSA) is 104 Å². The van der Waals surface area contributed by atoms with E-state index in [1.807, 2.05) is 78.9 Å². The Morgan fingerprint density at radius 2 is 1.56 bits per heavy atom. The second kappa shape index (κ2) is 11.6. The number of benzene rings is 3. The van der Waals surface area contributed by atoms with Crippen LogP contribution in [0.5, 0.6) is 0 Å². The zero-order chi connectivity index (χ0) is 25.5. The fourth-order valence-corrected chi connectivity index (χ4v) is 4.67. The predicted molar refractivity (Wildman–Crippen MR) is 139 cm³/mol. The molecule has 3 N–H and O–H groups in total. The van der Waals surface area contributed by atoms with Crippen molar-refractivity contribution in [3.63, 3.8) is 0 Å². The van der Waals surface area contributed by atoms with E-state index < -0.39 is 12.0 Å². The minimum absolute atomic E-state index is 0.0358. The van der Waals surface area contributed by atoms with Crippen LogP contribution >= 0.6 is 0 Å². The van der Waals surface area contributed by atoms with Crippen LogP contribution in [-0.4, -0.2) is 47.4 Å². The molecule has 7 heteroatoms. The molecule has 0 saturated heterocycles. The molecule has 0 atom stereocenters. The van der Waals surface area contributed by atoms with E-state index in [0.29, 0.717) is 17.8 Å². The third-order valence-electron chi connectivity index (χ3n) is 6.44. The summed E-state index contributed by atoms with van der Waals surface area (Å²) >= 11 is 0. The zero-order valence-electron chi connectivity index (χ0n) is 20.2. The van der Waals surface area contributed by atoms with Crippen molar-refractivity contribution in [3.8, 4) is 0 Å². The Morgan fingerprint density at radius 1 is 0.917 bits per heavy atom. The minimum atomic E-state index is -1.02.